The molecule has 0 saturated carbocycles. The maximum atomic E-state index is 13.0. The first-order chi connectivity index (χ1) is 8.87. The van der Waals surface area contributed by atoms with E-state index in [9.17, 15) is 35.2 Å². The molecule has 13 heteroatoms. The van der Waals surface area contributed by atoms with E-state index in [1.54, 1.807) is 0 Å². The molecule has 0 spiro atoms. The topological polar surface area (TPSA) is 107 Å². The summed E-state index contributed by atoms with van der Waals surface area (Å²) in [4.78, 5) is 14.2. The highest BCUT2D eigenvalue weighted by atomic mass is 32.2. The van der Waals surface area contributed by atoms with Crippen LogP contribution in [0.2, 0.25) is 0 Å². The summed E-state index contributed by atoms with van der Waals surface area (Å²) in [6, 6.07) is 0. The SMILES string of the molecule is O=C(OC(C(F)(F)F)C(F)(F)S(=O)(=O)O)c1cnco1. The van der Waals surface area contributed by atoms with E-state index in [-0.39, 0.29) is 0 Å². The molecular weight excluding hydrogens is 321 g/mol. The fraction of sp³-hybridized carbons (Fsp3) is 0.429. The molecule has 0 aliphatic rings. The largest absolute Gasteiger partial charge is 0.439 e. The van der Waals surface area contributed by atoms with Crippen LogP contribution < -0.4 is 0 Å². The Hall–Kier alpha value is -1.76. The van der Waals surface area contributed by atoms with Crippen LogP contribution in [0.25, 0.3) is 0 Å². The standard InChI is InChI=1S/C7H4F5NO6S/c8-6(9,10)5(7(11,12)20(15,16)17)19-4(14)3-1-13-2-18-3/h1-2,5H,(H,15,16,17). The van der Waals surface area contributed by atoms with E-state index >= 15 is 0 Å². The van der Waals surface area contributed by atoms with Crippen LogP contribution in [0.15, 0.2) is 17.0 Å². The Morgan fingerprint density at radius 3 is 2.25 bits per heavy atom. The second-order valence-corrected chi connectivity index (χ2v) is 4.72. The van der Waals surface area contributed by atoms with Crippen molar-refractivity contribution >= 4 is 16.1 Å². The minimum absolute atomic E-state index is 0.557. The first-order valence-corrected chi connectivity index (χ1v) is 5.82. The summed E-state index contributed by atoms with van der Waals surface area (Å²) in [5, 5.41) is -5.79. The van der Waals surface area contributed by atoms with Crippen molar-refractivity contribution in [3.8, 4) is 0 Å². The number of carbonyl (C=O) groups excluding carboxylic acids is 1. The molecule has 7 nitrogen and oxygen atoms in total. The number of aromatic nitrogens is 1. The smallest absolute Gasteiger partial charge is 0.432 e. The van der Waals surface area contributed by atoms with Gasteiger partial charge in [-0.1, -0.05) is 0 Å². The number of hydrogen-bond donors (Lipinski definition) is 1. The number of hydrogen-bond acceptors (Lipinski definition) is 6. The summed E-state index contributed by atoms with van der Waals surface area (Å²) in [6.07, 6.45) is -9.22. The molecule has 0 aliphatic carbocycles. The number of halogens is 5. The normalized spacial score (nSPS) is 14.9. The minimum Gasteiger partial charge on any atom is -0.439 e. The Morgan fingerprint density at radius 2 is 1.90 bits per heavy atom. The van der Waals surface area contributed by atoms with Gasteiger partial charge < -0.3 is 9.15 Å². The van der Waals surface area contributed by atoms with Gasteiger partial charge in [0.2, 0.25) is 5.76 Å². The lowest BCUT2D eigenvalue weighted by molar-refractivity contribution is -0.248. The van der Waals surface area contributed by atoms with E-state index in [4.69, 9.17) is 4.55 Å². The van der Waals surface area contributed by atoms with Crippen molar-refractivity contribution in [2.75, 3.05) is 0 Å². The van der Waals surface area contributed by atoms with Gasteiger partial charge in [-0.3, -0.25) is 4.55 Å². The fourth-order valence-corrected chi connectivity index (χ4v) is 1.40. The van der Waals surface area contributed by atoms with Gasteiger partial charge in [0, 0.05) is 0 Å². The van der Waals surface area contributed by atoms with Crippen LogP contribution in [0.1, 0.15) is 10.6 Å². The molecule has 20 heavy (non-hydrogen) atoms. The van der Waals surface area contributed by atoms with Gasteiger partial charge in [-0.15, -0.1) is 0 Å². The first-order valence-electron chi connectivity index (χ1n) is 4.38. The zero-order valence-corrected chi connectivity index (χ0v) is 9.78. The molecule has 0 aliphatic heterocycles. The minimum atomic E-state index is -6.48. The summed E-state index contributed by atoms with van der Waals surface area (Å²) in [6.45, 7) is 0. The van der Waals surface area contributed by atoms with Crippen LogP contribution >= 0.6 is 0 Å². The lowest BCUT2D eigenvalue weighted by Gasteiger charge is -2.25. The molecule has 0 aromatic carbocycles. The van der Waals surface area contributed by atoms with Crippen molar-refractivity contribution < 1.29 is 48.9 Å². The molecule has 1 heterocycles. The molecule has 1 atom stereocenters. The molecule has 1 rings (SSSR count). The van der Waals surface area contributed by atoms with Crippen LogP contribution in [-0.4, -0.2) is 41.5 Å². The summed E-state index contributed by atoms with van der Waals surface area (Å²) in [5.74, 6) is -3.00. The van der Waals surface area contributed by atoms with Gasteiger partial charge >= 0.3 is 27.5 Å². The number of rotatable bonds is 4. The quantitative estimate of drug-likeness (QED) is 0.504. The number of alkyl halides is 5. The van der Waals surface area contributed by atoms with E-state index < -0.39 is 39.4 Å². The monoisotopic (exact) mass is 325 g/mol. The third-order valence-corrected chi connectivity index (χ3v) is 2.71. The van der Waals surface area contributed by atoms with Crippen LogP contribution in [0, 0.1) is 0 Å². The van der Waals surface area contributed by atoms with Crippen LogP contribution in [-0.2, 0) is 14.9 Å². The Kier molecular flexibility index (Phi) is 4.05. The summed E-state index contributed by atoms with van der Waals surface area (Å²) < 4.78 is 99.4. The zero-order valence-electron chi connectivity index (χ0n) is 8.97. The molecule has 1 unspecified atom stereocenters. The van der Waals surface area contributed by atoms with Gasteiger partial charge in [-0.2, -0.15) is 30.4 Å². The van der Waals surface area contributed by atoms with Crippen molar-refractivity contribution in [1.82, 2.24) is 4.98 Å². The maximum Gasteiger partial charge on any atom is 0.432 e. The third-order valence-electron chi connectivity index (χ3n) is 1.80. The molecule has 0 saturated heterocycles. The van der Waals surface area contributed by atoms with E-state index in [0.29, 0.717) is 12.6 Å². The van der Waals surface area contributed by atoms with Crippen molar-refractivity contribution in [1.29, 1.82) is 0 Å². The molecule has 0 bridgehead atoms. The van der Waals surface area contributed by atoms with Crippen LogP contribution in [0.3, 0.4) is 0 Å². The molecule has 1 aromatic heterocycles. The molecule has 0 radical (unpaired) electrons. The predicted molar refractivity (Wildman–Crippen MR) is 48.3 cm³/mol. The maximum absolute atomic E-state index is 13.0. The Labute approximate surface area is 107 Å². The van der Waals surface area contributed by atoms with Gasteiger partial charge in [0.15, 0.2) is 6.39 Å². The van der Waals surface area contributed by atoms with Crippen LogP contribution in [0.5, 0.6) is 0 Å². The average Bonchev–Trinajstić information content (AvgIpc) is 2.75. The van der Waals surface area contributed by atoms with Crippen LogP contribution in [0.4, 0.5) is 22.0 Å². The molecule has 0 amide bonds. The summed E-state index contributed by atoms with van der Waals surface area (Å²) >= 11 is 0. The summed E-state index contributed by atoms with van der Waals surface area (Å²) in [7, 11) is -6.48. The van der Waals surface area contributed by atoms with Gasteiger partial charge in [0.25, 0.3) is 6.10 Å². The summed E-state index contributed by atoms with van der Waals surface area (Å²) in [5.41, 5.74) is 0. The van der Waals surface area contributed by atoms with Crippen molar-refractivity contribution in [3.63, 3.8) is 0 Å². The lowest BCUT2D eigenvalue weighted by atomic mass is 10.3. The zero-order chi connectivity index (χ0) is 15.8. The Balaban J connectivity index is 3.13. The highest BCUT2D eigenvalue weighted by Gasteiger charge is 2.66. The Bertz CT molecular complexity index is 579. The van der Waals surface area contributed by atoms with E-state index in [0.717, 1.165) is 0 Å². The van der Waals surface area contributed by atoms with Crippen molar-refractivity contribution in [2.45, 2.75) is 17.5 Å². The number of nitrogens with zero attached hydrogens (tertiary/aromatic N) is 1. The highest BCUT2D eigenvalue weighted by molar-refractivity contribution is 7.86. The predicted octanol–water partition coefficient (Wildman–Crippen LogP) is 1.24. The van der Waals surface area contributed by atoms with E-state index in [1.807, 2.05) is 0 Å². The molecule has 114 valence electrons. The van der Waals surface area contributed by atoms with Gasteiger partial charge in [-0.25, -0.2) is 9.78 Å². The van der Waals surface area contributed by atoms with Gasteiger partial charge in [-0.05, 0) is 0 Å². The number of ether oxygens (including phenoxy) is 1. The number of oxazole rings is 1. The van der Waals surface area contributed by atoms with Gasteiger partial charge in [0.05, 0.1) is 6.20 Å². The number of carbonyl (C=O) groups is 1. The molecule has 1 N–H and O–H groups in total. The van der Waals surface area contributed by atoms with E-state index in [2.05, 4.69) is 14.1 Å². The Morgan fingerprint density at radius 1 is 1.35 bits per heavy atom. The molecular formula is C7H4F5NO6S. The average molecular weight is 325 g/mol. The van der Waals surface area contributed by atoms with E-state index in [1.165, 1.54) is 0 Å². The highest BCUT2D eigenvalue weighted by Crippen LogP contribution is 2.38. The van der Waals surface area contributed by atoms with Crippen molar-refractivity contribution in [3.05, 3.63) is 18.4 Å². The van der Waals surface area contributed by atoms with Crippen molar-refractivity contribution in [2.24, 2.45) is 0 Å². The lowest BCUT2D eigenvalue weighted by Crippen LogP contribution is -2.52. The fourth-order valence-electron chi connectivity index (χ4n) is 0.943. The third kappa shape index (κ3) is 3.22. The molecule has 1 aromatic rings. The first kappa shape index (κ1) is 16.3. The second kappa shape index (κ2) is 4.97. The molecule has 0 fully saturated rings. The number of esters is 1. The van der Waals surface area contributed by atoms with Gasteiger partial charge in [0.1, 0.15) is 0 Å². The second-order valence-electron chi connectivity index (χ2n) is 3.23.